The van der Waals surface area contributed by atoms with Crippen LogP contribution in [0.25, 0.3) is 0 Å². The van der Waals surface area contributed by atoms with Crippen molar-refractivity contribution in [3.05, 3.63) is 23.2 Å². The number of aliphatic hydroxyl groups excluding tert-OH is 1. The van der Waals surface area contributed by atoms with E-state index in [0.717, 1.165) is 12.1 Å². The Morgan fingerprint density at radius 1 is 1.43 bits per heavy atom. The van der Waals surface area contributed by atoms with E-state index in [1.165, 1.54) is 0 Å². The first-order chi connectivity index (χ1) is 9.81. The van der Waals surface area contributed by atoms with Crippen LogP contribution in [0.5, 0.6) is 0 Å². The first-order valence-corrected chi connectivity index (χ1v) is 7.36. The summed E-state index contributed by atoms with van der Waals surface area (Å²) in [4.78, 5) is 14.0. The highest BCUT2D eigenvalue weighted by molar-refractivity contribution is 6.31. The Bertz CT molecular complexity index is 494. The fourth-order valence-corrected chi connectivity index (χ4v) is 2.33. The van der Waals surface area contributed by atoms with Crippen LogP contribution in [0.2, 0.25) is 5.02 Å². The molecule has 0 spiro atoms. The fraction of sp³-hybridized carbons (Fsp3) is 0.533. The van der Waals surface area contributed by atoms with Gasteiger partial charge in [-0.2, -0.15) is 0 Å². The molecule has 0 fully saturated rings. The Kier molecular flexibility index (Phi) is 6.30. The van der Waals surface area contributed by atoms with Gasteiger partial charge in [0.25, 0.3) is 0 Å². The van der Waals surface area contributed by atoms with E-state index in [2.05, 4.69) is 10.6 Å². The van der Waals surface area contributed by atoms with Crippen molar-refractivity contribution in [2.45, 2.75) is 32.2 Å². The average molecular weight is 314 g/mol. The molecule has 118 valence electrons. The summed E-state index contributed by atoms with van der Waals surface area (Å²) in [5.41, 5.74) is 0.855. The summed E-state index contributed by atoms with van der Waals surface area (Å²) in [5, 5.41) is 15.6. The number of nitrogens with one attached hydrogen (secondary N) is 2. The lowest BCUT2D eigenvalue weighted by Gasteiger charge is -2.29. The zero-order valence-corrected chi connectivity index (χ0v) is 13.8. The van der Waals surface area contributed by atoms with E-state index in [9.17, 15) is 9.90 Å². The number of hydrogen-bond donors (Lipinski definition) is 3. The van der Waals surface area contributed by atoms with Crippen LogP contribution in [-0.2, 0) is 0 Å². The molecule has 1 atom stereocenters. The molecule has 0 aliphatic rings. The topological polar surface area (TPSA) is 64.6 Å². The molecule has 5 nitrogen and oxygen atoms in total. The standard InChI is InChI=1S/C15H24ClN3O2/c1-5-8-15(2,10-20)18-14(21)17-12-9-11(16)6-7-13(12)19(3)4/h6-7,9,20H,5,8,10H2,1-4H3,(H2,17,18,21). The van der Waals surface area contributed by atoms with Gasteiger partial charge in [0.2, 0.25) is 0 Å². The lowest BCUT2D eigenvalue weighted by molar-refractivity contribution is 0.167. The molecule has 0 heterocycles. The summed E-state index contributed by atoms with van der Waals surface area (Å²) in [5.74, 6) is 0. The lowest BCUT2D eigenvalue weighted by Crippen LogP contribution is -2.50. The van der Waals surface area contributed by atoms with Crippen LogP contribution < -0.4 is 15.5 Å². The van der Waals surface area contributed by atoms with Crippen LogP contribution >= 0.6 is 11.6 Å². The van der Waals surface area contributed by atoms with E-state index in [0.29, 0.717) is 17.1 Å². The van der Waals surface area contributed by atoms with Crippen molar-refractivity contribution in [3.63, 3.8) is 0 Å². The third-order valence-corrected chi connectivity index (χ3v) is 3.49. The van der Waals surface area contributed by atoms with Crippen LogP contribution in [0.15, 0.2) is 18.2 Å². The molecule has 6 heteroatoms. The number of aliphatic hydroxyl groups is 1. The van der Waals surface area contributed by atoms with E-state index in [-0.39, 0.29) is 12.6 Å². The largest absolute Gasteiger partial charge is 0.394 e. The van der Waals surface area contributed by atoms with Gasteiger partial charge in [-0.05, 0) is 31.5 Å². The smallest absolute Gasteiger partial charge is 0.319 e. The summed E-state index contributed by atoms with van der Waals surface area (Å²) in [6.45, 7) is 3.72. The van der Waals surface area contributed by atoms with Crippen LogP contribution in [-0.4, -0.2) is 37.4 Å². The van der Waals surface area contributed by atoms with Gasteiger partial charge in [-0.25, -0.2) is 4.79 Å². The van der Waals surface area contributed by atoms with Gasteiger partial charge >= 0.3 is 6.03 Å². The van der Waals surface area contributed by atoms with Crippen molar-refractivity contribution < 1.29 is 9.90 Å². The number of halogens is 1. The average Bonchev–Trinajstić information content (AvgIpc) is 2.38. The molecule has 3 N–H and O–H groups in total. The lowest BCUT2D eigenvalue weighted by atomic mass is 9.98. The summed E-state index contributed by atoms with van der Waals surface area (Å²) in [6.07, 6.45) is 1.57. The number of anilines is 2. The molecule has 0 bridgehead atoms. The number of urea groups is 1. The number of rotatable bonds is 6. The normalized spacial score (nSPS) is 13.4. The third kappa shape index (κ3) is 5.10. The Balaban J connectivity index is 2.86. The number of hydrogen-bond acceptors (Lipinski definition) is 3. The molecule has 21 heavy (non-hydrogen) atoms. The quantitative estimate of drug-likeness (QED) is 0.756. The van der Waals surface area contributed by atoms with E-state index in [4.69, 9.17) is 11.6 Å². The highest BCUT2D eigenvalue weighted by Crippen LogP contribution is 2.27. The predicted molar refractivity (Wildman–Crippen MR) is 88.3 cm³/mol. The Morgan fingerprint density at radius 2 is 2.10 bits per heavy atom. The SMILES string of the molecule is CCCC(C)(CO)NC(=O)Nc1cc(Cl)ccc1N(C)C. The Morgan fingerprint density at radius 3 is 2.62 bits per heavy atom. The molecule has 1 aromatic rings. The molecule has 0 aromatic heterocycles. The van der Waals surface area contributed by atoms with Gasteiger partial charge in [0.05, 0.1) is 23.5 Å². The van der Waals surface area contributed by atoms with Crippen LogP contribution in [0.3, 0.4) is 0 Å². The van der Waals surface area contributed by atoms with Gasteiger partial charge in [0, 0.05) is 19.1 Å². The van der Waals surface area contributed by atoms with Gasteiger partial charge in [-0.1, -0.05) is 24.9 Å². The van der Waals surface area contributed by atoms with Gasteiger partial charge in [0.15, 0.2) is 0 Å². The second kappa shape index (κ2) is 7.52. The number of amides is 2. The van der Waals surface area contributed by atoms with Gasteiger partial charge < -0.3 is 20.6 Å². The monoisotopic (exact) mass is 313 g/mol. The molecule has 1 aromatic carbocycles. The van der Waals surface area contributed by atoms with Crippen LogP contribution in [0.4, 0.5) is 16.2 Å². The summed E-state index contributed by atoms with van der Waals surface area (Å²) in [7, 11) is 3.78. The van der Waals surface area contributed by atoms with Crippen molar-refractivity contribution in [1.29, 1.82) is 0 Å². The minimum atomic E-state index is -0.629. The first kappa shape index (κ1) is 17.6. The van der Waals surface area contributed by atoms with Gasteiger partial charge in [-0.15, -0.1) is 0 Å². The van der Waals surface area contributed by atoms with Crippen molar-refractivity contribution in [2.24, 2.45) is 0 Å². The van der Waals surface area contributed by atoms with E-state index >= 15 is 0 Å². The molecule has 0 saturated heterocycles. The Hall–Kier alpha value is -1.46. The minimum absolute atomic E-state index is 0.107. The molecule has 0 aliphatic heterocycles. The Labute approximate surface area is 131 Å². The summed E-state index contributed by atoms with van der Waals surface area (Å²) < 4.78 is 0. The molecular weight excluding hydrogens is 290 g/mol. The fourth-order valence-electron chi connectivity index (χ4n) is 2.16. The third-order valence-electron chi connectivity index (χ3n) is 3.25. The second-order valence-electron chi connectivity index (χ2n) is 5.60. The molecule has 0 aliphatic carbocycles. The van der Waals surface area contributed by atoms with E-state index < -0.39 is 5.54 Å². The van der Waals surface area contributed by atoms with Crippen molar-refractivity contribution in [1.82, 2.24) is 5.32 Å². The summed E-state index contributed by atoms with van der Waals surface area (Å²) >= 11 is 5.98. The van der Waals surface area contributed by atoms with Crippen LogP contribution in [0, 0.1) is 0 Å². The molecule has 2 amide bonds. The van der Waals surface area contributed by atoms with Crippen LogP contribution in [0.1, 0.15) is 26.7 Å². The number of carbonyl (C=O) groups excluding carboxylic acids is 1. The van der Waals surface area contributed by atoms with Crippen molar-refractivity contribution >= 4 is 29.0 Å². The maximum absolute atomic E-state index is 12.2. The zero-order chi connectivity index (χ0) is 16.0. The number of carbonyl (C=O) groups is 1. The molecule has 0 radical (unpaired) electrons. The summed E-state index contributed by atoms with van der Waals surface area (Å²) in [6, 6.07) is 4.96. The maximum Gasteiger partial charge on any atom is 0.319 e. The molecule has 1 unspecified atom stereocenters. The van der Waals surface area contributed by atoms with Gasteiger partial charge in [-0.3, -0.25) is 0 Å². The number of nitrogens with zero attached hydrogens (tertiary/aromatic N) is 1. The molecular formula is C15H24ClN3O2. The second-order valence-corrected chi connectivity index (χ2v) is 6.04. The van der Waals surface area contributed by atoms with E-state index in [1.54, 1.807) is 12.1 Å². The van der Waals surface area contributed by atoms with Gasteiger partial charge in [0.1, 0.15) is 0 Å². The van der Waals surface area contributed by atoms with E-state index in [1.807, 2.05) is 38.9 Å². The predicted octanol–water partition coefficient (Wildman–Crippen LogP) is 3.08. The van der Waals surface area contributed by atoms with Crippen molar-refractivity contribution in [2.75, 3.05) is 30.9 Å². The molecule has 1 rings (SSSR count). The highest BCUT2D eigenvalue weighted by atomic mass is 35.5. The zero-order valence-electron chi connectivity index (χ0n) is 13.0. The number of benzene rings is 1. The molecule has 0 saturated carbocycles. The highest BCUT2D eigenvalue weighted by Gasteiger charge is 2.24. The maximum atomic E-state index is 12.2. The first-order valence-electron chi connectivity index (χ1n) is 6.98. The minimum Gasteiger partial charge on any atom is -0.394 e. The van der Waals surface area contributed by atoms with Crippen molar-refractivity contribution in [3.8, 4) is 0 Å².